The largest absolute Gasteiger partial charge is 0.342 e. The second-order valence-electron chi connectivity index (χ2n) is 6.85. The van der Waals surface area contributed by atoms with Crippen LogP contribution in [-0.4, -0.2) is 40.1 Å². The van der Waals surface area contributed by atoms with Crippen LogP contribution in [0.1, 0.15) is 50.2 Å². The minimum atomic E-state index is 0.134. The molecule has 6 nitrogen and oxygen atoms in total. The van der Waals surface area contributed by atoms with Gasteiger partial charge in [0.15, 0.2) is 5.82 Å². The summed E-state index contributed by atoms with van der Waals surface area (Å²) in [6, 6.07) is 0.200. The second kappa shape index (κ2) is 6.77. The van der Waals surface area contributed by atoms with Crippen molar-refractivity contribution in [3.8, 4) is 0 Å². The van der Waals surface area contributed by atoms with Crippen LogP contribution in [0.5, 0.6) is 0 Å². The van der Waals surface area contributed by atoms with E-state index in [4.69, 9.17) is 10.3 Å². The number of hydrogen-bond acceptors (Lipinski definition) is 5. The minimum absolute atomic E-state index is 0.134. The van der Waals surface area contributed by atoms with Gasteiger partial charge in [-0.15, -0.1) is 0 Å². The molecule has 0 unspecified atom stereocenters. The lowest BCUT2D eigenvalue weighted by atomic mass is 9.84. The van der Waals surface area contributed by atoms with Crippen LogP contribution in [-0.2, 0) is 11.2 Å². The van der Waals surface area contributed by atoms with Crippen LogP contribution in [0.25, 0.3) is 0 Å². The Hall–Kier alpha value is -1.43. The van der Waals surface area contributed by atoms with E-state index in [1.54, 1.807) is 6.92 Å². The highest BCUT2D eigenvalue weighted by Crippen LogP contribution is 2.28. The minimum Gasteiger partial charge on any atom is -0.342 e. The van der Waals surface area contributed by atoms with Crippen LogP contribution >= 0.6 is 0 Å². The number of hydrogen-bond donors (Lipinski definition) is 1. The van der Waals surface area contributed by atoms with Crippen molar-refractivity contribution in [2.45, 2.75) is 57.9 Å². The normalized spacial score (nSPS) is 29.5. The molecule has 3 atom stereocenters. The maximum atomic E-state index is 12.7. The first kappa shape index (κ1) is 15.5. The Morgan fingerprint density at radius 1 is 1.36 bits per heavy atom. The molecule has 0 aromatic carbocycles. The molecule has 2 N–H and O–H groups in total. The number of likely N-dealkylation sites (tertiary alicyclic amines) is 1. The third kappa shape index (κ3) is 3.66. The Morgan fingerprint density at radius 2 is 2.23 bits per heavy atom. The number of nitrogens with two attached hydrogens (primary N) is 1. The number of aromatic nitrogens is 2. The molecule has 2 fully saturated rings. The van der Waals surface area contributed by atoms with E-state index < -0.39 is 0 Å². The van der Waals surface area contributed by atoms with Gasteiger partial charge in [0.2, 0.25) is 11.8 Å². The monoisotopic (exact) mass is 306 g/mol. The Labute approximate surface area is 131 Å². The Morgan fingerprint density at radius 3 is 2.95 bits per heavy atom. The van der Waals surface area contributed by atoms with Crippen molar-refractivity contribution in [3.05, 3.63) is 11.7 Å². The summed E-state index contributed by atoms with van der Waals surface area (Å²) in [6.45, 7) is 3.50. The van der Waals surface area contributed by atoms with Gasteiger partial charge < -0.3 is 15.2 Å². The third-order valence-electron chi connectivity index (χ3n) is 4.94. The average molecular weight is 306 g/mol. The van der Waals surface area contributed by atoms with Crippen molar-refractivity contribution in [1.29, 1.82) is 0 Å². The smallest absolute Gasteiger partial charge is 0.225 e. The van der Waals surface area contributed by atoms with Gasteiger partial charge in [-0.2, -0.15) is 4.98 Å². The van der Waals surface area contributed by atoms with Crippen LogP contribution in [0.2, 0.25) is 0 Å². The highest BCUT2D eigenvalue weighted by Gasteiger charge is 2.32. The first-order chi connectivity index (χ1) is 10.6. The predicted molar refractivity (Wildman–Crippen MR) is 82.0 cm³/mol. The molecule has 0 radical (unpaired) electrons. The summed E-state index contributed by atoms with van der Waals surface area (Å²) < 4.78 is 5.03. The molecule has 1 aromatic rings. The maximum Gasteiger partial charge on any atom is 0.225 e. The van der Waals surface area contributed by atoms with Crippen molar-refractivity contribution in [2.75, 3.05) is 13.1 Å². The number of piperidine rings is 1. The SMILES string of the molecule is Cc1nc(C[C@@H]2CCCN(C(=O)[C@H]3CCC[C@H](N)C3)C2)no1. The molecule has 0 bridgehead atoms. The first-order valence-electron chi connectivity index (χ1n) is 8.45. The summed E-state index contributed by atoms with van der Waals surface area (Å²) in [5.74, 6) is 2.25. The highest BCUT2D eigenvalue weighted by atomic mass is 16.5. The average Bonchev–Trinajstić information content (AvgIpc) is 2.92. The Bertz CT molecular complexity index is 516. The summed E-state index contributed by atoms with van der Waals surface area (Å²) >= 11 is 0. The molecule has 1 saturated carbocycles. The second-order valence-corrected chi connectivity index (χ2v) is 6.85. The molecule has 1 amide bonds. The maximum absolute atomic E-state index is 12.7. The molecular formula is C16H26N4O2. The van der Waals surface area contributed by atoms with E-state index in [1.165, 1.54) is 0 Å². The van der Waals surface area contributed by atoms with Crippen LogP contribution in [0.4, 0.5) is 0 Å². The molecule has 2 heterocycles. The number of nitrogens with zero attached hydrogens (tertiary/aromatic N) is 3. The standard InChI is InChI=1S/C16H26N4O2/c1-11-18-15(19-22-11)8-12-4-3-7-20(10-12)16(21)13-5-2-6-14(17)9-13/h12-14H,2-10,17H2,1H3/t12-,13-,14-/m0/s1. The van der Waals surface area contributed by atoms with E-state index in [9.17, 15) is 4.79 Å². The number of aryl methyl sites for hydroxylation is 1. The van der Waals surface area contributed by atoms with Gasteiger partial charge in [0.1, 0.15) is 0 Å². The molecule has 0 spiro atoms. The van der Waals surface area contributed by atoms with Gasteiger partial charge in [-0.1, -0.05) is 11.6 Å². The molecular weight excluding hydrogens is 280 g/mol. The molecule has 3 rings (SSSR count). The van der Waals surface area contributed by atoms with E-state index in [2.05, 4.69) is 10.1 Å². The van der Waals surface area contributed by atoms with Gasteiger partial charge in [0.05, 0.1) is 0 Å². The molecule has 122 valence electrons. The topological polar surface area (TPSA) is 85.2 Å². The Balaban J connectivity index is 1.56. The fourth-order valence-electron chi connectivity index (χ4n) is 3.82. The Kier molecular flexibility index (Phi) is 4.76. The number of carbonyl (C=O) groups excluding carboxylic acids is 1. The molecule has 1 aliphatic heterocycles. The lowest BCUT2D eigenvalue weighted by Crippen LogP contribution is -2.45. The lowest BCUT2D eigenvalue weighted by Gasteiger charge is -2.36. The van der Waals surface area contributed by atoms with E-state index >= 15 is 0 Å². The summed E-state index contributed by atoms with van der Waals surface area (Å²) in [5, 5.41) is 3.97. The summed E-state index contributed by atoms with van der Waals surface area (Å²) in [6.07, 6.45) is 6.97. The van der Waals surface area contributed by atoms with Crippen LogP contribution in [0.3, 0.4) is 0 Å². The zero-order valence-electron chi connectivity index (χ0n) is 13.3. The molecule has 1 saturated heterocycles. The van der Waals surface area contributed by atoms with E-state index in [0.29, 0.717) is 17.7 Å². The van der Waals surface area contributed by atoms with Crippen LogP contribution < -0.4 is 5.73 Å². The van der Waals surface area contributed by atoms with Crippen molar-refractivity contribution in [2.24, 2.45) is 17.6 Å². The van der Waals surface area contributed by atoms with Gasteiger partial charge in [0.25, 0.3) is 0 Å². The van der Waals surface area contributed by atoms with E-state index in [-0.39, 0.29) is 12.0 Å². The zero-order valence-corrected chi connectivity index (χ0v) is 13.3. The van der Waals surface area contributed by atoms with Crippen molar-refractivity contribution >= 4 is 5.91 Å². The van der Waals surface area contributed by atoms with Crippen molar-refractivity contribution in [3.63, 3.8) is 0 Å². The molecule has 1 aliphatic carbocycles. The van der Waals surface area contributed by atoms with Crippen molar-refractivity contribution < 1.29 is 9.32 Å². The first-order valence-corrected chi connectivity index (χ1v) is 8.45. The fourth-order valence-corrected chi connectivity index (χ4v) is 3.82. The molecule has 6 heteroatoms. The van der Waals surface area contributed by atoms with Crippen LogP contribution in [0, 0.1) is 18.8 Å². The van der Waals surface area contributed by atoms with Crippen LogP contribution in [0.15, 0.2) is 4.52 Å². The molecule has 22 heavy (non-hydrogen) atoms. The fraction of sp³-hybridized carbons (Fsp3) is 0.812. The van der Waals surface area contributed by atoms with E-state index in [1.807, 2.05) is 4.90 Å². The lowest BCUT2D eigenvalue weighted by molar-refractivity contribution is -0.138. The highest BCUT2D eigenvalue weighted by molar-refractivity contribution is 5.79. The van der Waals surface area contributed by atoms with Gasteiger partial charge >= 0.3 is 0 Å². The zero-order chi connectivity index (χ0) is 15.5. The van der Waals surface area contributed by atoms with E-state index in [0.717, 1.165) is 63.9 Å². The quantitative estimate of drug-likeness (QED) is 0.918. The predicted octanol–water partition coefficient (Wildman–Crippen LogP) is 1.68. The van der Waals surface area contributed by atoms with Crippen molar-refractivity contribution in [1.82, 2.24) is 15.0 Å². The summed E-state index contributed by atoms with van der Waals surface area (Å²) in [4.78, 5) is 19.0. The van der Waals surface area contributed by atoms with Gasteiger partial charge in [-0.3, -0.25) is 4.79 Å². The number of amides is 1. The molecule has 2 aliphatic rings. The summed E-state index contributed by atoms with van der Waals surface area (Å²) in [5.41, 5.74) is 6.03. The molecule has 1 aromatic heterocycles. The summed E-state index contributed by atoms with van der Waals surface area (Å²) in [7, 11) is 0. The third-order valence-corrected chi connectivity index (χ3v) is 4.94. The van der Waals surface area contributed by atoms with Gasteiger partial charge in [-0.05, 0) is 38.0 Å². The number of carbonyl (C=O) groups is 1. The van der Waals surface area contributed by atoms with Gasteiger partial charge in [-0.25, -0.2) is 0 Å². The van der Waals surface area contributed by atoms with Gasteiger partial charge in [0, 0.05) is 38.4 Å². The number of rotatable bonds is 3.